The smallest absolute Gasteiger partial charge is 0.235 e. The van der Waals surface area contributed by atoms with Crippen LogP contribution in [0, 0.1) is 5.41 Å². The zero-order chi connectivity index (χ0) is 12.2. The van der Waals surface area contributed by atoms with Gasteiger partial charge in [0.25, 0.3) is 0 Å². The Kier molecular flexibility index (Phi) is 4.68. The van der Waals surface area contributed by atoms with Crippen molar-refractivity contribution < 1.29 is 9.90 Å². The van der Waals surface area contributed by atoms with E-state index in [2.05, 4.69) is 19.2 Å². The number of carbonyl (C=O) groups excluding carboxylic acids is 1. The molecule has 1 unspecified atom stereocenters. The summed E-state index contributed by atoms with van der Waals surface area (Å²) in [4.78, 5) is 12.0. The lowest BCUT2D eigenvalue weighted by atomic mass is 9.89. The Balaban J connectivity index is 2.40. The second-order valence-corrected chi connectivity index (χ2v) is 7.10. The average molecular weight is 245 g/mol. The Morgan fingerprint density at radius 2 is 2.25 bits per heavy atom. The van der Waals surface area contributed by atoms with Crippen molar-refractivity contribution in [1.82, 2.24) is 5.32 Å². The van der Waals surface area contributed by atoms with Crippen LogP contribution in [0.15, 0.2) is 0 Å². The van der Waals surface area contributed by atoms with Crippen LogP contribution in [0.25, 0.3) is 0 Å². The normalized spacial score (nSPS) is 25.8. The summed E-state index contributed by atoms with van der Waals surface area (Å²) in [6, 6.07) is 0. The van der Waals surface area contributed by atoms with Gasteiger partial charge in [0.1, 0.15) is 0 Å². The predicted molar refractivity (Wildman–Crippen MR) is 68.6 cm³/mol. The van der Waals surface area contributed by atoms with E-state index in [1.54, 1.807) is 11.8 Å². The lowest BCUT2D eigenvalue weighted by Gasteiger charge is -2.27. The first-order chi connectivity index (χ1) is 7.40. The van der Waals surface area contributed by atoms with E-state index in [4.69, 9.17) is 5.11 Å². The molecule has 1 fully saturated rings. The molecule has 0 aliphatic carbocycles. The summed E-state index contributed by atoms with van der Waals surface area (Å²) in [5.74, 6) is 1.24. The maximum absolute atomic E-state index is 12.0. The Labute approximate surface area is 102 Å². The molecule has 1 amide bonds. The number of hydrogen-bond acceptors (Lipinski definition) is 3. The monoisotopic (exact) mass is 245 g/mol. The van der Waals surface area contributed by atoms with Crippen LogP contribution in [0.3, 0.4) is 0 Å². The van der Waals surface area contributed by atoms with E-state index in [0.717, 1.165) is 25.0 Å². The fourth-order valence-electron chi connectivity index (χ4n) is 1.86. The molecule has 4 heteroatoms. The molecule has 1 atom stereocenters. The van der Waals surface area contributed by atoms with Crippen LogP contribution in [-0.4, -0.2) is 34.7 Å². The Bertz CT molecular complexity index is 247. The zero-order valence-electron chi connectivity index (χ0n) is 10.5. The minimum Gasteiger partial charge on any atom is -0.396 e. The third-order valence-electron chi connectivity index (χ3n) is 3.22. The minimum absolute atomic E-state index is 0.0238. The molecule has 1 saturated heterocycles. The molecule has 1 aliphatic heterocycles. The van der Waals surface area contributed by atoms with E-state index < -0.39 is 0 Å². The third-order valence-corrected chi connectivity index (χ3v) is 4.73. The van der Waals surface area contributed by atoms with Crippen LogP contribution >= 0.6 is 11.8 Å². The van der Waals surface area contributed by atoms with Crippen LogP contribution in [0.1, 0.15) is 40.0 Å². The van der Waals surface area contributed by atoms with E-state index in [1.807, 2.05) is 6.92 Å². The van der Waals surface area contributed by atoms with Crippen LogP contribution in [0.4, 0.5) is 0 Å². The first kappa shape index (κ1) is 13.8. The van der Waals surface area contributed by atoms with Crippen LogP contribution in [0.5, 0.6) is 0 Å². The number of nitrogens with one attached hydrogen (secondary N) is 1. The van der Waals surface area contributed by atoms with Crippen molar-refractivity contribution in [3.63, 3.8) is 0 Å². The number of amides is 1. The van der Waals surface area contributed by atoms with Gasteiger partial charge in [0.05, 0.1) is 4.75 Å². The highest BCUT2D eigenvalue weighted by Crippen LogP contribution is 2.37. The summed E-state index contributed by atoms with van der Waals surface area (Å²) in [6.45, 7) is 6.97. The first-order valence-corrected chi connectivity index (χ1v) is 6.91. The van der Waals surface area contributed by atoms with Gasteiger partial charge in [-0.25, -0.2) is 0 Å². The van der Waals surface area contributed by atoms with Crippen molar-refractivity contribution in [3.8, 4) is 0 Å². The summed E-state index contributed by atoms with van der Waals surface area (Å²) in [5.41, 5.74) is -0.0238. The van der Waals surface area contributed by atoms with E-state index in [1.165, 1.54) is 0 Å². The molecule has 0 aromatic rings. The third kappa shape index (κ3) is 3.67. The van der Waals surface area contributed by atoms with Crippen molar-refractivity contribution >= 4 is 17.7 Å². The van der Waals surface area contributed by atoms with Gasteiger partial charge in [0.15, 0.2) is 0 Å². The maximum atomic E-state index is 12.0. The van der Waals surface area contributed by atoms with Gasteiger partial charge < -0.3 is 10.4 Å². The standard InChI is InChI=1S/C12H23NO2S/c1-11(2,6-7-14)9-13-10(15)12(3)5-4-8-16-12/h14H,4-9H2,1-3H3,(H,13,15). The van der Waals surface area contributed by atoms with Crippen LogP contribution in [0.2, 0.25) is 0 Å². The van der Waals surface area contributed by atoms with Crippen LogP contribution in [-0.2, 0) is 4.79 Å². The Morgan fingerprint density at radius 3 is 2.75 bits per heavy atom. The van der Waals surface area contributed by atoms with E-state index >= 15 is 0 Å². The molecule has 1 aliphatic rings. The largest absolute Gasteiger partial charge is 0.396 e. The SMILES string of the molecule is CC(C)(CCO)CNC(=O)C1(C)CCCS1. The number of aliphatic hydroxyl groups is 1. The minimum atomic E-state index is -0.227. The van der Waals surface area contributed by atoms with Crippen LogP contribution < -0.4 is 5.32 Å². The molecule has 0 aromatic heterocycles. The number of hydrogen-bond donors (Lipinski definition) is 2. The van der Waals surface area contributed by atoms with Gasteiger partial charge in [-0.15, -0.1) is 11.8 Å². The summed E-state index contributed by atoms with van der Waals surface area (Å²) in [7, 11) is 0. The van der Waals surface area contributed by atoms with Crippen molar-refractivity contribution in [2.75, 3.05) is 18.9 Å². The summed E-state index contributed by atoms with van der Waals surface area (Å²) in [6.07, 6.45) is 2.83. The molecule has 0 bridgehead atoms. The Morgan fingerprint density at radius 1 is 1.56 bits per heavy atom. The average Bonchev–Trinajstić information content (AvgIpc) is 2.63. The molecule has 0 aromatic carbocycles. The lowest BCUT2D eigenvalue weighted by Crippen LogP contribution is -2.44. The molecule has 0 radical (unpaired) electrons. The number of carbonyl (C=O) groups is 1. The van der Waals surface area contributed by atoms with Gasteiger partial charge in [-0.1, -0.05) is 13.8 Å². The molecule has 94 valence electrons. The van der Waals surface area contributed by atoms with Gasteiger partial charge in [-0.3, -0.25) is 4.79 Å². The Hall–Kier alpha value is -0.220. The first-order valence-electron chi connectivity index (χ1n) is 5.93. The molecule has 0 saturated carbocycles. The van der Waals surface area contributed by atoms with Crippen molar-refractivity contribution in [2.24, 2.45) is 5.41 Å². The molecule has 1 rings (SSSR count). The highest BCUT2D eigenvalue weighted by molar-refractivity contribution is 8.01. The zero-order valence-corrected chi connectivity index (χ0v) is 11.3. The van der Waals surface area contributed by atoms with Gasteiger partial charge in [0, 0.05) is 13.2 Å². The highest BCUT2D eigenvalue weighted by Gasteiger charge is 2.37. The molecular formula is C12H23NO2S. The number of rotatable bonds is 5. The fraction of sp³-hybridized carbons (Fsp3) is 0.917. The summed E-state index contributed by atoms with van der Waals surface area (Å²) < 4.78 is -0.227. The van der Waals surface area contributed by atoms with Gasteiger partial charge in [-0.05, 0) is 37.4 Å². The molecule has 1 heterocycles. The quantitative estimate of drug-likeness (QED) is 0.776. The second-order valence-electron chi connectivity index (χ2n) is 5.50. The molecule has 3 nitrogen and oxygen atoms in total. The van der Waals surface area contributed by atoms with E-state index in [-0.39, 0.29) is 22.7 Å². The number of thioether (sulfide) groups is 1. The van der Waals surface area contributed by atoms with E-state index in [0.29, 0.717) is 6.54 Å². The lowest BCUT2D eigenvalue weighted by molar-refractivity contribution is -0.123. The summed E-state index contributed by atoms with van der Waals surface area (Å²) >= 11 is 1.76. The number of aliphatic hydroxyl groups excluding tert-OH is 1. The highest BCUT2D eigenvalue weighted by atomic mass is 32.2. The van der Waals surface area contributed by atoms with Gasteiger partial charge >= 0.3 is 0 Å². The summed E-state index contributed by atoms with van der Waals surface area (Å²) in [5, 5.41) is 11.9. The van der Waals surface area contributed by atoms with Crippen molar-refractivity contribution in [1.29, 1.82) is 0 Å². The topological polar surface area (TPSA) is 49.3 Å². The fourth-order valence-corrected chi connectivity index (χ4v) is 3.09. The predicted octanol–water partition coefficient (Wildman–Crippen LogP) is 1.80. The van der Waals surface area contributed by atoms with Crippen molar-refractivity contribution in [2.45, 2.75) is 44.8 Å². The van der Waals surface area contributed by atoms with E-state index in [9.17, 15) is 4.79 Å². The molecule has 2 N–H and O–H groups in total. The molecule has 16 heavy (non-hydrogen) atoms. The second kappa shape index (κ2) is 5.41. The van der Waals surface area contributed by atoms with Gasteiger partial charge in [-0.2, -0.15) is 0 Å². The van der Waals surface area contributed by atoms with Crippen molar-refractivity contribution in [3.05, 3.63) is 0 Å². The molecule has 0 spiro atoms. The maximum Gasteiger partial charge on any atom is 0.235 e. The molecular weight excluding hydrogens is 222 g/mol. The van der Waals surface area contributed by atoms with Gasteiger partial charge in [0.2, 0.25) is 5.91 Å².